The van der Waals surface area contributed by atoms with Crippen molar-refractivity contribution >= 4 is 5.78 Å². The first-order valence-corrected chi connectivity index (χ1v) is 6.51. The fourth-order valence-corrected chi connectivity index (χ4v) is 3.32. The molecule has 1 aromatic rings. The molecule has 0 radical (unpaired) electrons. The molecule has 2 aliphatic carbocycles. The molecule has 0 aromatic carbocycles. The summed E-state index contributed by atoms with van der Waals surface area (Å²) in [5, 5.41) is 0. The molecule has 2 aliphatic rings. The second-order valence-electron chi connectivity index (χ2n) is 5.25. The van der Waals surface area contributed by atoms with E-state index in [-0.39, 0.29) is 0 Å². The number of nitrogens with zero attached hydrogens (tertiary/aromatic N) is 1. The van der Waals surface area contributed by atoms with Crippen LogP contribution in [0.5, 0.6) is 0 Å². The lowest BCUT2D eigenvalue weighted by molar-refractivity contribution is 0.0964. The second kappa shape index (κ2) is 3.47. The van der Waals surface area contributed by atoms with Crippen molar-refractivity contribution < 1.29 is 4.79 Å². The van der Waals surface area contributed by atoms with E-state index in [0.29, 0.717) is 11.3 Å². The van der Waals surface area contributed by atoms with Gasteiger partial charge in [0.2, 0.25) is 0 Å². The predicted molar refractivity (Wildman–Crippen MR) is 63.8 cm³/mol. The normalized spacial score (nSPS) is 22.7. The van der Waals surface area contributed by atoms with Crippen LogP contribution in [0.4, 0.5) is 0 Å². The van der Waals surface area contributed by atoms with E-state index in [1.165, 1.54) is 31.4 Å². The molecule has 0 saturated heterocycles. The molecule has 0 N–H and O–H groups in total. The van der Waals surface area contributed by atoms with Crippen LogP contribution < -0.4 is 0 Å². The summed E-state index contributed by atoms with van der Waals surface area (Å²) in [6.07, 6.45) is 10.2. The number of ketones is 1. The molecule has 0 aliphatic heterocycles. The number of carbonyl (C=O) groups is 1. The Hall–Kier alpha value is -1.05. The van der Waals surface area contributed by atoms with Crippen LogP contribution in [0.3, 0.4) is 0 Å². The van der Waals surface area contributed by atoms with Gasteiger partial charge in [-0.15, -0.1) is 0 Å². The van der Waals surface area contributed by atoms with Gasteiger partial charge in [-0.3, -0.25) is 4.79 Å². The second-order valence-corrected chi connectivity index (χ2v) is 5.25. The van der Waals surface area contributed by atoms with Gasteiger partial charge in [-0.25, -0.2) is 0 Å². The Labute approximate surface area is 96.6 Å². The number of rotatable bonds is 2. The Morgan fingerprint density at radius 3 is 2.75 bits per heavy atom. The zero-order chi connectivity index (χ0) is 11.2. The van der Waals surface area contributed by atoms with Crippen molar-refractivity contribution in [1.82, 2.24) is 4.57 Å². The van der Waals surface area contributed by atoms with Gasteiger partial charge in [-0.05, 0) is 44.6 Å². The third kappa shape index (κ3) is 1.22. The molecule has 1 aromatic heterocycles. The zero-order valence-electron chi connectivity index (χ0n) is 9.96. The van der Waals surface area contributed by atoms with Crippen LogP contribution >= 0.6 is 0 Å². The first-order valence-electron chi connectivity index (χ1n) is 6.51. The topological polar surface area (TPSA) is 22.0 Å². The van der Waals surface area contributed by atoms with E-state index < -0.39 is 0 Å². The highest BCUT2D eigenvalue weighted by Crippen LogP contribution is 2.44. The quantitative estimate of drug-likeness (QED) is 0.745. The molecule has 16 heavy (non-hydrogen) atoms. The molecule has 0 spiro atoms. The highest BCUT2D eigenvalue weighted by molar-refractivity contribution is 5.98. The molecule has 3 rings (SSSR count). The van der Waals surface area contributed by atoms with Crippen molar-refractivity contribution in [3.63, 3.8) is 0 Å². The van der Waals surface area contributed by atoms with Gasteiger partial charge in [-0.2, -0.15) is 0 Å². The van der Waals surface area contributed by atoms with Gasteiger partial charge >= 0.3 is 0 Å². The van der Waals surface area contributed by atoms with Gasteiger partial charge in [0.25, 0.3) is 0 Å². The van der Waals surface area contributed by atoms with E-state index in [1.807, 2.05) is 6.07 Å². The summed E-state index contributed by atoms with van der Waals surface area (Å²) >= 11 is 0. The minimum atomic E-state index is 0.352. The molecule has 0 atom stereocenters. The lowest BCUT2D eigenvalue weighted by atomic mass is 9.74. The molecule has 1 heterocycles. The van der Waals surface area contributed by atoms with Crippen LogP contribution in [0.2, 0.25) is 0 Å². The third-order valence-electron chi connectivity index (χ3n) is 4.56. The molecule has 0 unspecified atom stereocenters. The fraction of sp³-hybridized carbons (Fsp3) is 0.643. The maximum absolute atomic E-state index is 11.8. The Bertz CT molecular complexity index is 420. The van der Waals surface area contributed by atoms with Crippen molar-refractivity contribution in [3.8, 4) is 0 Å². The third-order valence-corrected chi connectivity index (χ3v) is 4.56. The maximum Gasteiger partial charge on any atom is 0.164 e. The van der Waals surface area contributed by atoms with E-state index >= 15 is 0 Å². The van der Waals surface area contributed by atoms with Gasteiger partial charge in [0, 0.05) is 29.4 Å². The molecular formula is C14H19NO. The van der Waals surface area contributed by atoms with Crippen LogP contribution in [0.15, 0.2) is 12.3 Å². The minimum Gasteiger partial charge on any atom is -0.345 e. The van der Waals surface area contributed by atoms with Gasteiger partial charge in [-0.1, -0.05) is 6.92 Å². The smallest absolute Gasteiger partial charge is 0.164 e. The molecule has 0 bridgehead atoms. The van der Waals surface area contributed by atoms with Crippen molar-refractivity contribution in [2.75, 3.05) is 0 Å². The molecule has 2 heteroatoms. The minimum absolute atomic E-state index is 0.352. The standard InChI is InChI=1S/C14H19NO/c1-2-14(8-4-9-14)15-10-7-11-12(15)5-3-6-13(11)16/h7,10H,2-6,8-9H2,1H3. The van der Waals surface area contributed by atoms with Crippen LogP contribution in [-0.4, -0.2) is 10.4 Å². The summed E-state index contributed by atoms with van der Waals surface area (Å²) in [5.41, 5.74) is 2.68. The molecule has 0 amide bonds. The molecule has 1 saturated carbocycles. The summed E-state index contributed by atoms with van der Waals surface area (Å²) in [5.74, 6) is 0.352. The summed E-state index contributed by atoms with van der Waals surface area (Å²) in [7, 11) is 0. The van der Waals surface area contributed by atoms with Crippen molar-refractivity contribution in [2.45, 2.75) is 57.4 Å². The molecule has 86 valence electrons. The lowest BCUT2D eigenvalue weighted by Crippen LogP contribution is -2.40. The van der Waals surface area contributed by atoms with Crippen molar-refractivity contribution in [3.05, 3.63) is 23.5 Å². The number of Topliss-reactive ketones (excluding diaryl/α,β-unsaturated/α-hetero) is 1. The summed E-state index contributed by atoms with van der Waals surface area (Å²) in [4.78, 5) is 11.8. The van der Waals surface area contributed by atoms with Gasteiger partial charge in [0.15, 0.2) is 5.78 Å². The van der Waals surface area contributed by atoms with E-state index in [9.17, 15) is 4.79 Å². The Balaban J connectivity index is 2.05. The maximum atomic E-state index is 11.8. The Morgan fingerprint density at radius 2 is 2.12 bits per heavy atom. The Kier molecular flexibility index (Phi) is 2.20. The first-order chi connectivity index (χ1) is 7.77. The predicted octanol–water partition coefficient (Wildman–Crippen LogP) is 3.30. The average Bonchev–Trinajstić information content (AvgIpc) is 2.64. The number of carbonyl (C=O) groups excluding carboxylic acids is 1. The number of hydrogen-bond acceptors (Lipinski definition) is 1. The number of fused-ring (bicyclic) bond motifs is 1. The number of aromatic nitrogens is 1. The lowest BCUT2D eigenvalue weighted by Gasteiger charge is -2.44. The highest BCUT2D eigenvalue weighted by Gasteiger charge is 2.39. The van der Waals surface area contributed by atoms with E-state index in [1.54, 1.807) is 0 Å². The van der Waals surface area contributed by atoms with Crippen LogP contribution in [0.1, 0.15) is 61.5 Å². The molecule has 2 nitrogen and oxygen atoms in total. The summed E-state index contributed by atoms with van der Waals surface area (Å²) in [6, 6.07) is 2.05. The van der Waals surface area contributed by atoms with Crippen molar-refractivity contribution in [1.29, 1.82) is 0 Å². The van der Waals surface area contributed by atoms with Gasteiger partial charge < -0.3 is 4.57 Å². The van der Waals surface area contributed by atoms with E-state index in [4.69, 9.17) is 0 Å². The fourth-order valence-electron chi connectivity index (χ4n) is 3.32. The van der Waals surface area contributed by atoms with Crippen LogP contribution in [0, 0.1) is 0 Å². The van der Waals surface area contributed by atoms with Crippen LogP contribution in [-0.2, 0) is 12.0 Å². The van der Waals surface area contributed by atoms with E-state index in [2.05, 4.69) is 17.7 Å². The molecular weight excluding hydrogens is 198 g/mol. The first kappa shape index (κ1) is 10.1. The molecule has 1 fully saturated rings. The highest BCUT2D eigenvalue weighted by atomic mass is 16.1. The zero-order valence-corrected chi connectivity index (χ0v) is 9.96. The number of hydrogen-bond donors (Lipinski definition) is 0. The summed E-state index contributed by atoms with van der Waals surface area (Å²) in [6.45, 7) is 2.27. The van der Waals surface area contributed by atoms with Gasteiger partial charge in [0.05, 0.1) is 0 Å². The summed E-state index contributed by atoms with van der Waals surface area (Å²) < 4.78 is 2.43. The average molecular weight is 217 g/mol. The largest absolute Gasteiger partial charge is 0.345 e. The SMILES string of the molecule is CCC1(n2ccc3c2CCCC3=O)CCC1. The van der Waals surface area contributed by atoms with E-state index in [0.717, 1.165) is 24.8 Å². The Morgan fingerprint density at radius 1 is 1.31 bits per heavy atom. The van der Waals surface area contributed by atoms with Crippen molar-refractivity contribution in [2.24, 2.45) is 0 Å². The monoisotopic (exact) mass is 217 g/mol. The van der Waals surface area contributed by atoms with Gasteiger partial charge in [0.1, 0.15) is 0 Å². The van der Waals surface area contributed by atoms with Crippen LogP contribution in [0.25, 0.3) is 0 Å².